The minimum atomic E-state index is 0.0570. The fraction of sp³-hybridized carbons (Fsp3) is 0.579. The molecular formula is C19H26N2O3. The number of rotatable bonds is 6. The van der Waals surface area contributed by atoms with Gasteiger partial charge in [0.05, 0.1) is 19.3 Å². The molecule has 1 aromatic rings. The number of amides is 2. The molecule has 0 aromatic heterocycles. The van der Waals surface area contributed by atoms with Crippen molar-refractivity contribution in [1.82, 2.24) is 9.80 Å². The molecule has 1 aromatic carbocycles. The predicted octanol–water partition coefficient (Wildman–Crippen LogP) is 1.86. The van der Waals surface area contributed by atoms with Crippen LogP contribution in [0.15, 0.2) is 30.3 Å². The molecule has 0 saturated carbocycles. The van der Waals surface area contributed by atoms with Crippen LogP contribution in [0.1, 0.15) is 31.2 Å². The van der Waals surface area contributed by atoms with Crippen LogP contribution < -0.4 is 0 Å². The van der Waals surface area contributed by atoms with E-state index in [0.29, 0.717) is 26.1 Å². The molecule has 2 heterocycles. The number of nitrogens with zero attached hydrogens (tertiary/aromatic N) is 2. The zero-order chi connectivity index (χ0) is 16.8. The van der Waals surface area contributed by atoms with Gasteiger partial charge >= 0.3 is 0 Å². The van der Waals surface area contributed by atoms with E-state index in [0.717, 1.165) is 32.2 Å². The number of benzene rings is 1. The predicted molar refractivity (Wildman–Crippen MR) is 91.5 cm³/mol. The Hall–Kier alpha value is -1.88. The Kier molecular flexibility index (Phi) is 5.86. The molecule has 2 fully saturated rings. The van der Waals surface area contributed by atoms with Gasteiger partial charge in [-0.1, -0.05) is 30.3 Å². The zero-order valence-electron chi connectivity index (χ0n) is 14.2. The Balaban J connectivity index is 1.42. The van der Waals surface area contributed by atoms with Gasteiger partial charge in [-0.3, -0.25) is 9.59 Å². The number of hydrogen-bond acceptors (Lipinski definition) is 3. The number of hydrogen-bond donors (Lipinski definition) is 0. The third-order valence-corrected chi connectivity index (χ3v) is 4.82. The Morgan fingerprint density at radius 1 is 1.21 bits per heavy atom. The van der Waals surface area contributed by atoms with Gasteiger partial charge in [0.15, 0.2) is 0 Å². The van der Waals surface area contributed by atoms with Crippen molar-refractivity contribution in [3.8, 4) is 0 Å². The molecular weight excluding hydrogens is 304 g/mol. The van der Waals surface area contributed by atoms with Crippen molar-refractivity contribution in [2.24, 2.45) is 0 Å². The lowest BCUT2D eigenvalue weighted by atomic mass is 10.1. The molecule has 2 saturated heterocycles. The van der Waals surface area contributed by atoms with Gasteiger partial charge in [0.25, 0.3) is 0 Å². The first-order valence-corrected chi connectivity index (χ1v) is 8.93. The molecule has 2 amide bonds. The molecule has 130 valence electrons. The van der Waals surface area contributed by atoms with Crippen molar-refractivity contribution < 1.29 is 14.3 Å². The molecule has 0 radical (unpaired) electrons. The smallest absolute Gasteiger partial charge is 0.242 e. The highest BCUT2D eigenvalue weighted by Gasteiger charge is 2.28. The van der Waals surface area contributed by atoms with Crippen molar-refractivity contribution in [3.63, 3.8) is 0 Å². The molecule has 0 spiro atoms. The van der Waals surface area contributed by atoms with Gasteiger partial charge < -0.3 is 14.5 Å². The topological polar surface area (TPSA) is 49.9 Å². The van der Waals surface area contributed by atoms with E-state index in [9.17, 15) is 9.59 Å². The summed E-state index contributed by atoms with van der Waals surface area (Å²) in [5.41, 5.74) is 1.34. The Labute approximate surface area is 143 Å². The minimum absolute atomic E-state index is 0.0570. The SMILES string of the molecule is O=C1CCCN1CC(=O)N1CCO[C@@H](CCCc2ccccc2)C1. The quantitative estimate of drug-likeness (QED) is 0.800. The van der Waals surface area contributed by atoms with Gasteiger partial charge in [-0.2, -0.15) is 0 Å². The summed E-state index contributed by atoms with van der Waals surface area (Å²) in [6.07, 6.45) is 4.62. The van der Waals surface area contributed by atoms with Gasteiger partial charge in [0.1, 0.15) is 0 Å². The number of likely N-dealkylation sites (tertiary alicyclic amines) is 1. The summed E-state index contributed by atoms with van der Waals surface area (Å²) in [7, 11) is 0. The summed E-state index contributed by atoms with van der Waals surface area (Å²) in [6, 6.07) is 10.4. The van der Waals surface area contributed by atoms with E-state index in [1.165, 1.54) is 5.56 Å². The Bertz CT molecular complexity index is 561. The van der Waals surface area contributed by atoms with Crippen LogP contribution in [0.4, 0.5) is 0 Å². The third-order valence-electron chi connectivity index (χ3n) is 4.82. The number of ether oxygens (including phenoxy) is 1. The van der Waals surface area contributed by atoms with Crippen LogP contribution in [0.2, 0.25) is 0 Å². The first kappa shape index (κ1) is 17.0. The number of carbonyl (C=O) groups is 2. The summed E-state index contributed by atoms with van der Waals surface area (Å²) in [5, 5.41) is 0. The van der Waals surface area contributed by atoms with Gasteiger partial charge in [0, 0.05) is 26.1 Å². The fourth-order valence-corrected chi connectivity index (χ4v) is 3.43. The van der Waals surface area contributed by atoms with E-state index >= 15 is 0 Å². The molecule has 5 nitrogen and oxygen atoms in total. The maximum absolute atomic E-state index is 12.4. The molecule has 0 aliphatic carbocycles. The molecule has 0 unspecified atom stereocenters. The highest BCUT2D eigenvalue weighted by Crippen LogP contribution is 2.15. The van der Waals surface area contributed by atoms with Crippen molar-refractivity contribution >= 4 is 11.8 Å². The first-order valence-electron chi connectivity index (χ1n) is 8.93. The number of morpholine rings is 1. The van der Waals surface area contributed by atoms with Crippen molar-refractivity contribution in [2.45, 2.75) is 38.2 Å². The summed E-state index contributed by atoms with van der Waals surface area (Å²) in [5.74, 6) is 0.164. The van der Waals surface area contributed by atoms with Crippen molar-refractivity contribution in [1.29, 1.82) is 0 Å². The molecule has 0 bridgehead atoms. The molecule has 1 atom stereocenters. The average Bonchev–Trinajstić information content (AvgIpc) is 3.01. The Morgan fingerprint density at radius 3 is 2.79 bits per heavy atom. The van der Waals surface area contributed by atoms with Crippen molar-refractivity contribution in [3.05, 3.63) is 35.9 Å². The van der Waals surface area contributed by atoms with E-state index in [4.69, 9.17) is 4.74 Å². The maximum atomic E-state index is 12.4. The van der Waals surface area contributed by atoms with Crippen LogP contribution in [0.5, 0.6) is 0 Å². The summed E-state index contributed by atoms with van der Waals surface area (Å²) in [4.78, 5) is 27.6. The van der Waals surface area contributed by atoms with E-state index in [2.05, 4.69) is 24.3 Å². The highest BCUT2D eigenvalue weighted by atomic mass is 16.5. The summed E-state index contributed by atoms with van der Waals surface area (Å²) >= 11 is 0. The minimum Gasteiger partial charge on any atom is -0.375 e. The van der Waals surface area contributed by atoms with E-state index in [-0.39, 0.29) is 24.5 Å². The lowest BCUT2D eigenvalue weighted by molar-refractivity contribution is -0.143. The summed E-state index contributed by atoms with van der Waals surface area (Å²) < 4.78 is 5.81. The van der Waals surface area contributed by atoms with Crippen LogP contribution in [0.3, 0.4) is 0 Å². The van der Waals surface area contributed by atoms with Gasteiger partial charge in [-0.05, 0) is 31.2 Å². The second-order valence-electron chi connectivity index (χ2n) is 6.63. The van der Waals surface area contributed by atoms with Gasteiger partial charge in [-0.15, -0.1) is 0 Å². The first-order chi connectivity index (χ1) is 11.7. The summed E-state index contributed by atoms with van der Waals surface area (Å²) in [6.45, 7) is 2.83. The van der Waals surface area contributed by atoms with E-state index < -0.39 is 0 Å². The van der Waals surface area contributed by atoms with E-state index in [1.807, 2.05) is 11.0 Å². The highest BCUT2D eigenvalue weighted by molar-refractivity contribution is 5.85. The molecule has 0 N–H and O–H groups in total. The molecule has 24 heavy (non-hydrogen) atoms. The van der Waals surface area contributed by atoms with Crippen LogP contribution in [-0.2, 0) is 20.7 Å². The second kappa shape index (κ2) is 8.29. The van der Waals surface area contributed by atoms with Crippen molar-refractivity contribution in [2.75, 3.05) is 32.8 Å². The normalized spacial score (nSPS) is 21.3. The Morgan fingerprint density at radius 2 is 2.04 bits per heavy atom. The lowest BCUT2D eigenvalue weighted by Gasteiger charge is -2.34. The lowest BCUT2D eigenvalue weighted by Crippen LogP contribution is -2.49. The van der Waals surface area contributed by atoms with Crippen LogP contribution in [0.25, 0.3) is 0 Å². The number of aryl methyl sites for hydroxylation is 1. The average molecular weight is 330 g/mol. The van der Waals surface area contributed by atoms with Crippen LogP contribution in [0, 0.1) is 0 Å². The van der Waals surface area contributed by atoms with Gasteiger partial charge in [-0.25, -0.2) is 0 Å². The van der Waals surface area contributed by atoms with Crippen LogP contribution in [-0.4, -0.2) is 60.5 Å². The molecule has 2 aliphatic rings. The van der Waals surface area contributed by atoms with Gasteiger partial charge in [0.2, 0.25) is 11.8 Å². The largest absolute Gasteiger partial charge is 0.375 e. The monoisotopic (exact) mass is 330 g/mol. The zero-order valence-corrected chi connectivity index (χ0v) is 14.2. The molecule has 5 heteroatoms. The van der Waals surface area contributed by atoms with Crippen LogP contribution >= 0.6 is 0 Å². The third kappa shape index (κ3) is 4.57. The maximum Gasteiger partial charge on any atom is 0.242 e. The fourth-order valence-electron chi connectivity index (χ4n) is 3.43. The van der Waals surface area contributed by atoms with E-state index in [1.54, 1.807) is 4.90 Å². The molecule has 2 aliphatic heterocycles. The number of carbonyl (C=O) groups excluding carboxylic acids is 2. The second-order valence-corrected chi connectivity index (χ2v) is 6.63. The standard InChI is InChI=1S/C19H26N2O3/c22-18-10-5-11-20(18)15-19(23)21-12-13-24-17(14-21)9-4-8-16-6-2-1-3-7-16/h1-3,6-7,17H,4-5,8-15H2/t17-/m0/s1. The molecule has 3 rings (SSSR count).